The van der Waals surface area contributed by atoms with E-state index in [-0.39, 0.29) is 5.91 Å². The number of amides is 1. The van der Waals surface area contributed by atoms with E-state index in [1.54, 1.807) is 18.3 Å². The van der Waals surface area contributed by atoms with Crippen molar-refractivity contribution in [2.24, 2.45) is 0 Å². The number of aromatic nitrogens is 1. The van der Waals surface area contributed by atoms with Gasteiger partial charge in [-0.05, 0) is 48.1 Å². The van der Waals surface area contributed by atoms with Crippen LogP contribution in [0.2, 0.25) is 0 Å². The summed E-state index contributed by atoms with van der Waals surface area (Å²) in [5, 5.41) is 3.66. The zero-order valence-electron chi connectivity index (χ0n) is 13.4. The molecule has 3 rings (SSSR count). The van der Waals surface area contributed by atoms with Crippen LogP contribution in [-0.4, -0.2) is 17.1 Å². The quantitative estimate of drug-likeness (QED) is 0.691. The van der Waals surface area contributed by atoms with E-state index in [0.29, 0.717) is 5.56 Å². The number of benzene rings is 2. The van der Waals surface area contributed by atoms with Crippen molar-refractivity contribution in [1.29, 1.82) is 0 Å². The Morgan fingerprint density at radius 2 is 1.67 bits per heavy atom. The largest absolute Gasteiger partial charge is 0.322 e. The van der Waals surface area contributed by atoms with Gasteiger partial charge in [0.05, 0.1) is 5.56 Å². The second-order valence-electron chi connectivity index (χ2n) is 5.37. The Morgan fingerprint density at radius 1 is 0.958 bits per heavy atom. The standard InChI is InChI=1S/C20H18N2OS/c1-24-20-18(8-5-13-21-20)19(23)22-17-11-9-16(10-12-17)14-15-6-3-2-4-7-15/h2-13H,14H2,1H3,(H,22,23). The van der Waals surface area contributed by atoms with Crippen LogP contribution in [0.25, 0.3) is 0 Å². The third-order valence-electron chi connectivity index (χ3n) is 3.67. The van der Waals surface area contributed by atoms with Gasteiger partial charge in [-0.25, -0.2) is 4.98 Å². The van der Waals surface area contributed by atoms with Crippen molar-refractivity contribution in [3.8, 4) is 0 Å². The van der Waals surface area contributed by atoms with E-state index >= 15 is 0 Å². The second kappa shape index (κ2) is 7.79. The van der Waals surface area contributed by atoms with Crippen molar-refractivity contribution in [2.45, 2.75) is 11.4 Å². The summed E-state index contributed by atoms with van der Waals surface area (Å²) in [4.78, 5) is 16.6. The summed E-state index contributed by atoms with van der Waals surface area (Å²) in [7, 11) is 0. The molecule has 120 valence electrons. The van der Waals surface area contributed by atoms with E-state index < -0.39 is 0 Å². The number of rotatable bonds is 5. The molecule has 0 aliphatic rings. The third-order valence-corrected chi connectivity index (χ3v) is 4.38. The lowest BCUT2D eigenvalue weighted by Gasteiger charge is -2.09. The molecule has 1 amide bonds. The molecule has 1 aromatic heterocycles. The number of pyridine rings is 1. The summed E-state index contributed by atoms with van der Waals surface area (Å²) >= 11 is 1.47. The third kappa shape index (κ3) is 4.03. The lowest BCUT2D eigenvalue weighted by atomic mass is 10.0. The minimum absolute atomic E-state index is 0.136. The molecule has 0 bridgehead atoms. The Bertz CT molecular complexity index is 817. The van der Waals surface area contributed by atoms with Gasteiger partial charge in [-0.2, -0.15) is 0 Å². The van der Waals surface area contributed by atoms with Gasteiger partial charge in [-0.15, -0.1) is 11.8 Å². The molecular weight excluding hydrogens is 316 g/mol. The second-order valence-corrected chi connectivity index (χ2v) is 6.17. The van der Waals surface area contributed by atoms with Gasteiger partial charge in [-0.1, -0.05) is 42.5 Å². The van der Waals surface area contributed by atoms with E-state index in [9.17, 15) is 4.79 Å². The molecule has 2 aromatic carbocycles. The maximum atomic E-state index is 12.4. The Labute approximate surface area is 146 Å². The zero-order valence-corrected chi connectivity index (χ0v) is 14.2. The number of hydrogen-bond donors (Lipinski definition) is 1. The molecule has 0 saturated carbocycles. The van der Waals surface area contributed by atoms with Gasteiger partial charge < -0.3 is 5.32 Å². The summed E-state index contributed by atoms with van der Waals surface area (Å²) in [6, 6.07) is 21.9. The highest BCUT2D eigenvalue weighted by Crippen LogP contribution is 2.19. The van der Waals surface area contributed by atoms with Crippen LogP contribution >= 0.6 is 11.8 Å². The number of anilines is 1. The van der Waals surface area contributed by atoms with Gasteiger partial charge in [0.15, 0.2) is 0 Å². The number of nitrogens with zero attached hydrogens (tertiary/aromatic N) is 1. The number of thioether (sulfide) groups is 1. The van der Waals surface area contributed by atoms with Crippen LogP contribution in [0.5, 0.6) is 0 Å². The molecule has 1 heterocycles. The predicted molar refractivity (Wildman–Crippen MR) is 99.7 cm³/mol. The monoisotopic (exact) mass is 334 g/mol. The van der Waals surface area contributed by atoms with Gasteiger partial charge in [0.1, 0.15) is 5.03 Å². The van der Waals surface area contributed by atoms with Crippen LogP contribution in [0, 0.1) is 0 Å². The van der Waals surface area contributed by atoms with Crippen molar-refractivity contribution in [3.63, 3.8) is 0 Å². The van der Waals surface area contributed by atoms with Crippen molar-refractivity contribution >= 4 is 23.4 Å². The number of carbonyl (C=O) groups is 1. The molecule has 0 spiro atoms. The average molecular weight is 334 g/mol. The van der Waals surface area contributed by atoms with Gasteiger partial charge >= 0.3 is 0 Å². The van der Waals surface area contributed by atoms with Gasteiger partial charge in [0.25, 0.3) is 5.91 Å². The molecule has 1 N–H and O–H groups in total. The van der Waals surface area contributed by atoms with Crippen LogP contribution < -0.4 is 5.32 Å². The van der Waals surface area contributed by atoms with Crippen molar-refractivity contribution in [2.75, 3.05) is 11.6 Å². The van der Waals surface area contributed by atoms with Crippen LogP contribution in [0.1, 0.15) is 21.5 Å². The normalized spacial score (nSPS) is 10.4. The maximum Gasteiger partial charge on any atom is 0.258 e. The molecule has 0 atom stereocenters. The Kier molecular flexibility index (Phi) is 5.29. The fraction of sp³-hybridized carbons (Fsp3) is 0.100. The molecule has 0 fully saturated rings. The van der Waals surface area contributed by atoms with E-state index in [0.717, 1.165) is 17.1 Å². The van der Waals surface area contributed by atoms with Crippen LogP contribution in [0.15, 0.2) is 78.0 Å². The van der Waals surface area contributed by atoms with Crippen LogP contribution in [0.3, 0.4) is 0 Å². The SMILES string of the molecule is CSc1ncccc1C(=O)Nc1ccc(Cc2ccccc2)cc1. The van der Waals surface area contributed by atoms with E-state index in [1.165, 1.54) is 22.9 Å². The minimum atomic E-state index is -0.136. The predicted octanol–water partition coefficient (Wildman–Crippen LogP) is 4.65. The van der Waals surface area contributed by atoms with Crippen molar-refractivity contribution < 1.29 is 4.79 Å². The summed E-state index contributed by atoms with van der Waals surface area (Å²) in [6.07, 6.45) is 4.49. The molecule has 4 heteroatoms. The first-order valence-corrected chi connectivity index (χ1v) is 8.92. The lowest BCUT2D eigenvalue weighted by Crippen LogP contribution is -2.13. The fourth-order valence-corrected chi connectivity index (χ4v) is 3.01. The van der Waals surface area contributed by atoms with Gasteiger partial charge in [0.2, 0.25) is 0 Å². The molecule has 0 unspecified atom stereocenters. The molecule has 0 saturated heterocycles. The minimum Gasteiger partial charge on any atom is -0.322 e. The molecule has 0 aliphatic heterocycles. The molecule has 24 heavy (non-hydrogen) atoms. The fourth-order valence-electron chi connectivity index (χ4n) is 2.46. The Balaban J connectivity index is 1.69. The lowest BCUT2D eigenvalue weighted by molar-refractivity contribution is 0.102. The van der Waals surface area contributed by atoms with Gasteiger partial charge in [0, 0.05) is 11.9 Å². The summed E-state index contributed by atoms with van der Waals surface area (Å²) in [5.41, 5.74) is 3.87. The highest BCUT2D eigenvalue weighted by Gasteiger charge is 2.11. The van der Waals surface area contributed by atoms with E-state index in [4.69, 9.17) is 0 Å². The molecule has 0 aliphatic carbocycles. The Morgan fingerprint density at radius 3 is 2.38 bits per heavy atom. The van der Waals surface area contributed by atoms with Crippen molar-refractivity contribution in [3.05, 3.63) is 89.6 Å². The van der Waals surface area contributed by atoms with Crippen LogP contribution in [0.4, 0.5) is 5.69 Å². The average Bonchev–Trinajstić information content (AvgIpc) is 2.64. The zero-order chi connectivity index (χ0) is 16.8. The number of hydrogen-bond acceptors (Lipinski definition) is 3. The van der Waals surface area contributed by atoms with E-state index in [1.807, 2.05) is 48.7 Å². The molecule has 3 nitrogen and oxygen atoms in total. The first kappa shape index (κ1) is 16.3. The van der Waals surface area contributed by atoms with E-state index in [2.05, 4.69) is 22.4 Å². The summed E-state index contributed by atoms with van der Waals surface area (Å²) < 4.78 is 0. The Hall–Kier alpha value is -2.59. The highest BCUT2D eigenvalue weighted by atomic mass is 32.2. The maximum absolute atomic E-state index is 12.4. The van der Waals surface area contributed by atoms with Crippen LogP contribution in [-0.2, 0) is 6.42 Å². The number of nitrogens with one attached hydrogen (secondary N) is 1. The first-order chi connectivity index (χ1) is 11.8. The molecule has 3 aromatic rings. The van der Waals surface area contributed by atoms with Gasteiger partial charge in [-0.3, -0.25) is 4.79 Å². The molecular formula is C20H18N2OS. The molecule has 0 radical (unpaired) electrons. The smallest absolute Gasteiger partial charge is 0.258 e. The summed E-state index contributed by atoms with van der Waals surface area (Å²) in [5.74, 6) is -0.136. The highest BCUT2D eigenvalue weighted by molar-refractivity contribution is 7.98. The summed E-state index contributed by atoms with van der Waals surface area (Å²) in [6.45, 7) is 0. The first-order valence-electron chi connectivity index (χ1n) is 7.69. The van der Waals surface area contributed by atoms with Crippen molar-refractivity contribution in [1.82, 2.24) is 4.98 Å². The topological polar surface area (TPSA) is 42.0 Å². The number of carbonyl (C=O) groups excluding carboxylic acids is 1.